The van der Waals surface area contributed by atoms with E-state index >= 15 is 0 Å². The SMILES string of the molecule is N#Cc1ncc(F)c(C(=O)Cl)c1C(F)F. The number of carbonyl (C=O) groups excluding carboxylic acids is 1. The quantitative estimate of drug-likeness (QED) is 0.739. The fourth-order valence-corrected chi connectivity index (χ4v) is 1.20. The van der Waals surface area contributed by atoms with Crippen molar-refractivity contribution in [3.8, 4) is 6.07 Å². The van der Waals surface area contributed by atoms with Crippen molar-refractivity contribution in [1.29, 1.82) is 5.26 Å². The van der Waals surface area contributed by atoms with E-state index in [2.05, 4.69) is 4.98 Å². The van der Waals surface area contributed by atoms with Crippen molar-refractivity contribution in [1.82, 2.24) is 4.98 Å². The third kappa shape index (κ3) is 2.07. The van der Waals surface area contributed by atoms with Gasteiger partial charge >= 0.3 is 0 Å². The summed E-state index contributed by atoms with van der Waals surface area (Å²) in [6, 6.07) is 1.33. The fraction of sp³-hybridized carbons (Fsp3) is 0.125. The summed E-state index contributed by atoms with van der Waals surface area (Å²) in [7, 11) is 0. The van der Waals surface area contributed by atoms with Gasteiger partial charge in [0.05, 0.1) is 17.3 Å². The van der Waals surface area contributed by atoms with Gasteiger partial charge in [0.1, 0.15) is 11.8 Å². The molecule has 0 aliphatic carbocycles. The molecule has 7 heteroatoms. The lowest BCUT2D eigenvalue weighted by Crippen LogP contribution is -2.07. The monoisotopic (exact) mass is 234 g/mol. The number of nitrogens with zero attached hydrogens (tertiary/aromatic N) is 2. The van der Waals surface area contributed by atoms with E-state index in [1.54, 1.807) is 0 Å². The summed E-state index contributed by atoms with van der Waals surface area (Å²) < 4.78 is 37.9. The molecular formula is C8H2ClF3N2O. The van der Waals surface area contributed by atoms with Crippen LogP contribution in [0.5, 0.6) is 0 Å². The van der Waals surface area contributed by atoms with Gasteiger partial charge in [0.15, 0.2) is 5.82 Å². The predicted molar refractivity (Wildman–Crippen MR) is 44.1 cm³/mol. The first kappa shape index (κ1) is 11.5. The van der Waals surface area contributed by atoms with Crippen LogP contribution in [0.15, 0.2) is 6.20 Å². The number of pyridine rings is 1. The highest BCUT2D eigenvalue weighted by atomic mass is 35.5. The molecule has 0 spiro atoms. The minimum Gasteiger partial charge on any atom is -0.275 e. The van der Waals surface area contributed by atoms with E-state index in [4.69, 9.17) is 16.9 Å². The second-order valence-electron chi connectivity index (χ2n) is 2.43. The van der Waals surface area contributed by atoms with Crippen molar-refractivity contribution >= 4 is 16.8 Å². The second-order valence-corrected chi connectivity index (χ2v) is 2.77. The van der Waals surface area contributed by atoms with E-state index in [-0.39, 0.29) is 0 Å². The Bertz CT molecular complexity index is 456. The van der Waals surface area contributed by atoms with Crippen LogP contribution in [0.1, 0.15) is 28.0 Å². The first-order valence-corrected chi connectivity index (χ1v) is 3.93. The number of hydrogen-bond donors (Lipinski definition) is 0. The molecule has 0 saturated heterocycles. The van der Waals surface area contributed by atoms with E-state index in [1.165, 1.54) is 6.07 Å². The molecule has 0 aromatic carbocycles. The van der Waals surface area contributed by atoms with Crippen molar-refractivity contribution in [2.45, 2.75) is 6.43 Å². The van der Waals surface area contributed by atoms with Gasteiger partial charge in [0, 0.05) is 0 Å². The highest BCUT2D eigenvalue weighted by molar-refractivity contribution is 6.68. The summed E-state index contributed by atoms with van der Waals surface area (Å²) in [5, 5.41) is 7.05. The van der Waals surface area contributed by atoms with Gasteiger partial charge in [-0.15, -0.1) is 0 Å². The summed E-state index contributed by atoms with van der Waals surface area (Å²) in [6.07, 6.45) is -2.69. The molecule has 1 aromatic rings. The molecule has 78 valence electrons. The lowest BCUT2D eigenvalue weighted by atomic mass is 10.1. The van der Waals surface area contributed by atoms with E-state index in [9.17, 15) is 18.0 Å². The lowest BCUT2D eigenvalue weighted by Gasteiger charge is -2.06. The standard InChI is InChI=1S/C8H2ClF3N2O/c9-7(15)5-3(10)2-14-4(1-13)6(5)8(11)12/h2,8H. The topological polar surface area (TPSA) is 53.8 Å². The van der Waals surface area contributed by atoms with Crippen LogP contribution >= 0.6 is 11.6 Å². The maximum Gasteiger partial charge on any atom is 0.267 e. The molecule has 0 atom stereocenters. The summed E-state index contributed by atoms with van der Waals surface area (Å²) in [5.41, 5.74) is -2.79. The first-order valence-electron chi connectivity index (χ1n) is 3.55. The molecule has 1 heterocycles. The molecule has 0 saturated carbocycles. The first-order chi connectivity index (χ1) is 6.99. The molecule has 15 heavy (non-hydrogen) atoms. The number of carbonyl (C=O) groups is 1. The molecule has 0 radical (unpaired) electrons. The molecule has 0 aliphatic heterocycles. The Morgan fingerprint density at radius 3 is 2.60 bits per heavy atom. The van der Waals surface area contributed by atoms with Gasteiger partial charge in [0.2, 0.25) is 0 Å². The number of hydrogen-bond acceptors (Lipinski definition) is 3. The van der Waals surface area contributed by atoms with Crippen molar-refractivity contribution in [2.24, 2.45) is 0 Å². The Labute approximate surface area is 87.1 Å². The maximum atomic E-state index is 13.0. The van der Waals surface area contributed by atoms with Crippen LogP contribution in [0.2, 0.25) is 0 Å². The third-order valence-electron chi connectivity index (χ3n) is 1.59. The second kappa shape index (κ2) is 4.28. The van der Waals surface area contributed by atoms with Gasteiger partial charge in [0.25, 0.3) is 11.7 Å². The lowest BCUT2D eigenvalue weighted by molar-refractivity contribution is 0.106. The molecule has 0 N–H and O–H groups in total. The molecule has 1 rings (SSSR count). The molecule has 0 amide bonds. The van der Waals surface area contributed by atoms with Gasteiger partial charge in [-0.1, -0.05) is 0 Å². The summed E-state index contributed by atoms with van der Waals surface area (Å²) in [4.78, 5) is 13.8. The minimum absolute atomic E-state index is 0.500. The Morgan fingerprint density at radius 2 is 2.20 bits per heavy atom. The Kier molecular flexibility index (Phi) is 3.27. The highest BCUT2D eigenvalue weighted by Gasteiger charge is 2.26. The summed E-state index contributed by atoms with van der Waals surface area (Å²) >= 11 is 4.94. The highest BCUT2D eigenvalue weighted by Crippen LogP contribution is 2.28. The Balaban J connectivity index is 3.60. The van der Waals surface area contributed by atoms with E-state index in [0.717, 1.165) is 0 Å². The summed E-state index contributed by atoms with van der Waals surface area (Å²) in [6.45, 7) is 0. The number of rotatable bonds is 2. The zero-order valence-corrected chi connectivity index (χ0v) is 7.73. The Morgan fingerprint density at radius 1 is 1.60 bits per heavy atom. The molecule has 0 unspecified atom stereocenters. The van der Waals surface area contributed by atoms with Crippen LogP contribution in [0.25, 0.3) is 0 Å². The van der Waals surface area contributed by atoms with Crippen molar-refractivity contribution < 1.29 is 18.0 Å². The largest absolute Gasteiger partial charge is 0.275 e. The van der Waals surface area contributed by atoms with Crippen molar-refractivity contribution in [3.05, 3.63) is 28.8 Å². The van der Waals surface area contributed by atoms with Gasteiger partial charge < -0.3 is 0 Å². The maximum absolute atomic E-state index is 13.0. The number of alkyl halides is 2. The third-order valence-corrected chi connectivity index (χ3v) is 1.78. The fourth-order valence-electron chi connectivity index (χ4n) is 1.00. The van der Waals surface area contributed by atoms with Crippen molar-refractivity contribution in [2.75, 3.05) is 0 Å². The molecule has 0 aliphatic rings. The van der Waals surface area contributed by atoms with Crippen LogP contribution in [0.3, 0.4) is 0 Å². The van der Waals surface area contributed by atoms with Gasteiger partial charge in [-0.3, -0.25) is 4.79 Å². The van der Waals surface area contributed by atoms with E-state index < -0.39 is 34.3 Å². The average Bonchev–Trinajstić information content (AvgIpc) is 2.16. The van der Waals surface area contributed by atoms with Gasteiger partial charge in [-0.25, -0.2) is 18.2 Å². The number of halogens is 4. The summed E-state index contributed by atoms with van der Waals surface area (Å²) in [5.74, 6) is -1.27. The molecule has 0 bridgehead atoms. The van der Waals surface area contributed by atoms with Crippen LogP contribution in [0, 0.1) is 17.1 Å². The molecule has 1 aromatic heterocycles. The minimum atomic E-state index is -3.19. The van der Waals surface area contributed by atoms with Gasteiger partial charge in [-0.2, -0.15) is 5.26 Å². The van der Waals surface area contributed by atoms with E-state index in [1.807, 2.05) is 0 Å². The smallest absolute Gasteiger partial charge is 0.267 e. The zero-order valence-electron chi connectivity index (χ0n) is 6.97. The average molecular weight is 235 g/mol. The van der Waals surface area contributed by atoms with E-state index in [0.29, 0.717) is 6.20 Å². The predicted octanol–water partition coefficient (Wildman–Crippen LogP) is 2.41. The van der Waals surface area contributed by atoms with Crippen LogP contribution in [-0.2, 0) is 0 Å². The molecule has 0 fully saturated rings. The Hall–Kier alpha value is -1.61. The van der Waals surface area contributed by atoms with Crippen LogP contribution in [-0.4, -0.2) is 10.2 Å². The van der Waals surface area contributed by atoms with Gasteiger partial charge in [-0.05, 0) is 11.6 Å². The van der Waals surface area contributed by atoms with Crippen LogP contribution < -0.4 is 0 Å². The van der Waals surface area contributed by atoms with Crippen molar-refractivity contribution in [3.63, 3.8) is 0 Å². The van der Waals surface area contributed by atoms with Crippen LogP contribution in [0.4, 0.5) is 13.2 Å². The molecule has 3 nitrogen and oxygen atoms in total. The zero-order chi connectivity index (χ0) is 11.6. The number of aromatic nitrogens is 1. The normalized spacial score (nSPS) is 10.1. The molecular weight excluding hydrogens is 233 g/mol. The number of nitriles is 1.